The normalized spacial score (nSPS) is 16.0. The number of rotatable bonds is 8. The number of unbranched alkanes of at least 4 members (excludes halogenated alkanes) is 1. The van der Waals surface area contributed by atoms with Gasteiger partial charge in [-0.15, -0.1) is 0 Å². The van der Waals surface area contributed by atoms with Gasteiger partial charge in [0.05, 0.1) is 13.2 Å². The van der Waals surface area contributed by atoms with Crippen LogP contribution in [-0.4, -0.2) is 50.8 Å². The molecule has 1 N–H and O–H groups in total. The molecule has 124 valence electrons. The Hall–Kier alpha value is -1.42. The molecule has 1 heterocycles. The molecule has 3 rings (SSSR count). The van der Waals surface area contributed by atoms with E-state index < -0.39 is 0 Å². The van der Waals surface area contributed by atoms with Crippen LogP contribution in [0.5, 0.6) is 0 Å². The molecule has 1 fully saturated rings. The predicted octanol–water partition coefficient (Wildman–Crippen LogP) is 3.08. The van der Waals surface area contributed by atoms with Crippen LogP contribution in [0.25, 0.3) is 10.8 Å². The third-order valence-electron chi connectivity index (χ3n) is 4.63. The Morgan fingerprint density at radius 3 is 2.65 bits per heavy atom. The van der Waals surface area contributed by atoms with E-state index in [1.165, 1.54) is 35.7 Å². The second-order valence-electron chi connectivity index (χ2n) is 6.30. The average molecular weight is 312 g/mol. The Morgan fingerprint density at radius 1 is 0.913 bits per heavy atom. The Morgan fingerprint density at radius 2 is 1.74 bits per heavy atom. The maximum atomic E-state index is 5.38. The lowest BCUT2D eigenvalue weighted by Gasteiger charge is -2.26. The summed E-state index contributed by atoms with van der Waals surface area (Å²) in [5.41, 5.74) is 1.45. The van der Waals surface area contributed by atoms with Gasteiger partial charge in [-0.25, -0.2) is 0 Å². The molecule has 0 bridgehead atoms. The zero-order chi connectivity index (χ0) is 15.7. The van der Waals surface area contributed by atoms with Crippen molar-refractivity contribution in [3.05, 3.63) is 48.0 Å². The Kier molecular flexibility index (Phi) is 6.44. The summed E-state index contributed by atoms with van der Waals surface area (Å²) < 4.78 is 5.38. The van der Waals surface area contributed by atoms with Gasteiger partial charge in [0.25, 0.3) is 0 Å². The second kappa shape index (κ2) is 9.02. The molecule has 2 aromatic carbocycles. The van der Waals surface area contributed by atoms with E-state index in [0.29, 0.717) is 0 Å². The predicted molar refractivity (Wildman–Crippen MR) is 97.0 cm³/mol. The number of fused-ring (bicyclic) bond motifs is 1. The zero-order valence-corrected chi connectivity index (χ0v) is 14.0. The second-order valence-corrected chi connectivity index (χ2v) is 6.30. The number of morpholine rings is 1. The van der Waals surface area contributed by atoms with Gasteiger partial charge in [-0.2, -0.15) is 0 Å². The molecule has 0 unspecified atom stereocenters. The molecule has 0 amide bonds. The van der Waals surface area contributed by atoms with Crippen molar-refractivity contribution in [2.45, 2.75) is 19.3 Å². The van der Waals surface area contributed by atoms with Gasteiger partial charge in [-0.05, 0) is 55.2 Å². The summed E-state index contributed by atoms with van der Waals surface area (Å²) in [5, 5.41) is 6.33. The molecule has 0 atom stereocenters. The van der Waals surface area contributed by atoms with Gasteiger partial charge in [-0.3, -0.25) is 4.90 Å². The quantitative estimate of drug-likeness (QED) is 0.758. The fraction of sp³-hybridized carbons (Fsp3) is 0.500. The van der Waals surface area contributed by atoms with E-state index in [-0.39, 0.29) is 0 Å². The highest BCUT2D eigenvalue weighted by Gasteiger charge is 2.08. The van der Waals surface area contributed by atoms with Crippen LogP contribution in [-0.2, 0) is 11.2 Å². The minimum Gasteiger partial charge on any atom is -0.379 e. The van der Waals surface area contributed by atoms with E-state index in [0.717, 1.165) is 45.8 Å². The number of hydrogen-bond donors (Lipinski definition) is 1. The summed E-state index contributed by atoms with van der Waals surface area (Å²) in [5.74, 6) is 0. The fourth-order valence-corrected chi connectivity index (χ4v) is 3.27. The molecule has 0 radical (unpaired) electrons. The molecule has 3 nitrogen and oxygen atoms in total. The van der Waals surface area contributed by atoms with Crippen molar-refractivity contribution in [2.75, 3.05) is 45.9 Å². The molecule has 1 saturated heterocycles. The lowest BCUT2D eigenvalue weighted by atomic mass is 10.0. The van der Waals surface area contributed by atoms with Gasteiger partial charge < -0.3 is 10.1 Å². The largest absolute Gasteiger partial charge is 0.379 e. The highest BCUT2D eigenvalue weighted by molar-refractivity contribution is 5.85. The standard InChI is InChI=1S/C20H28N2O/c1-2-9-20-18(6-1)7-5-8-19(20)10-12-21-11-3-4-13-22-14-16-23-17-15-22/h1-2,5-9,21H,3-4,10-17H2. The summed E-state index contributed by atoms with van der Waals surface area (Å²) >= 11 is 0. The van der Waals surface area contributed by atoms with Crippen LogP contribution in [0, 0.1) is 0 Å². The van der Waals surface area contributed by atoms with E-state index in [1.807, 2.05) is 0 Å². The van der Waals surface area contributed by atoms with Crippen LogP contribution in [0.15, 0.2) is 42.5 Å². The minimum atomic E-state index is 0.906. The van der Waals surface area contributed by atoms with Crippen molar-refractivity contribution in [3.8, 4) is 0 Å². The Labute approximate surface area is 139 Å². The molecule has 0 saturated carbocycles. The van der Waals surface area contributed by atoms with Gasteiger partial charge in [0.2, 0.25) is 0 Å². The molecule has 1 aliphatic rings. The minimum absolute atomic E-state index is 0.906. The van der Waals surface area contributed by atoms with Crippen molar-refractivity contribution in [2.24, 2.45) is 0 Å². The molecule has 23 heavy (non-hydrogen) atoms. The first-order valence-electron chi connectivity index (χ1n) is 8.91. The SMILES string of the molecule is c1ccc2c(CCNCCCCN3CCOCC3)cccc2c1. The number of ether oxygens (including phenoxy) is 1. The monoisotopic (exact) mass is 312 g/mol. The molecule has 0 aliphatic carbocycles. The Balaban J connectivity index is 1.32. The Bertz CT molecular complexity index is 588. The molecular formula is C20H28N2O. The first-order chi connectivity index (χ1) is 11.4. The molecule has 1 aliphatic heterocycles. The van der Waals surface area contributed by atoms with E-state index in [2.05, 4.69) is 52.7 Å². The van der Waals surface area contributed by atoms with E-state index in [1.54, 1.807) is 0 Å². The number of nitrogens with zero attached hydrogens (tertiary/aromatic N) is 1. The van der Waals surface area contributed by atoms with Crippen LogP contribution in [0.3, 0.4) is 0 Å². The first kappa shape index (κ1) is 16.4. The third-order valence-corrected chi connectivity index (χ3v) is 4.63. The van der Waals surface area contributed by atoms with Crippen LogP contribution < -0.4 is 5.32 Å². The molecule has 3 heteroatoms. The van der Waals surface area contributed by atoms with Gasteiger partial charge in [0.15, 0.2) is 0 Å². The van der Waals surface area contributed by atoms with E-state index in [4.69, 9.17) is 4.74 Å². The lowest BCUT2D eigenvalue weighted by molar-refractivity contribution is 0.0372. The van der Waals surface area contributed by atoms with E-state index >= 15 is 0 Å². The lowest BCUT2D eigenvalue weighted by Crippen LogP contribution is -2.37. The van der Waals surface area contributed by atoms with Crippen molar-refractivity contribution in [1.29, 1.82) is 0 Å². The average Bonchev–Trinajstić information content (AvgIpc) is 2.62. The smallest absolute Gasteiger partial charge is 0.0594 e. The maximum Gasteiger partial charge on any atom is 0.0594 e. The molecule has 0 spiro atoms. The van der Waals surface area contributed by atoms with Crippen molar-refractivity contribution >= 4 is 10.8 Å². The summed E-state index contributed by atoms with van der Waals surface area (Å²) in [4.78, 5) is 2.51. The van der Waals surface area contributed by atoms with Crippen molar-refractivity contribution < 1.29 is 4.74 Å². The third kappa shape index (κ3) is 5.03. The van der Waals surface area contributed by atoms with Crippen LogP contribution in [0.1, 0.15) is 18.4 Å². The summed E-state index contributed by atoms with van der Waals surface area (Å²) in [6.45, 7) is 7.42. The molecular weight excluding hydrogens is 284 g/mol. The number of hydrogen-bond acceptors (Lipinski definition) is 3. The van der Waals surface area contributed by atoms with Gasteiger partial charge >= 0.3 is 0 Å². The molecule has 0 aromatic heterocycles. The fourth-order valence-electron chi connectivity index (χ4n) is 3.27. The van der Waals surface area contributed by atoms with Gasteiger partial charge in [0, 0.05) is 13.1 Å². The molecule has 2 aromatic rings. The topological polar surface area (TPSA) is 24.5 Å². The summed E-state index contributed by atoms with van der Waals surface area (Å²) in [7, 11) is 0. The van der Waals surface area contributed by atoms with Crippen LogP contribution in [0.2, 0.25) is 0 Å². The van der Waals surface area contributed by atoms with Gasteiger partial charge in [-0.1, -0.05) is 42.5 Å². The highest BCUT2D eigenvalue weighted by Crippen LogP contribution is 2.18. The van der Waals surface area contributed by atoms with E-state index in [9.17, 15) is 0 Å². The van der Waals surface area contributed by atoms with Crippen molar-refractivity contribution in [3.63, 3.8) is 0 Å². The van der Waals surface area contributed by atoms with Crippen molar-refractivity contribution in [1.82, 2.24) is 10.2 Å². The maximum absolute atomic E-state index is 5.38. The van der Waals surface area contributed by atoms with Crippen LogP contribution >= 0.6 is 0 Å². The van der Waals surface area contributed by atoms with Gasteiger partial charge in [0.1, 0.15) is 0 Å². The van der Waals surface area contributed by atoms with Crippen LogP contribution in [0.4, 0.5) is 0 Å². The first-order valence-corrected chi connectivity index (χ1v) is 8.91. The zero-order valence-electron chi connectivity index (χ0n) is 14.0. The summed E-state index contributed by atoms with van der Waals surface area (Å²) in [6.07, 6.45) is 3.64. The highest BCUT2D eigenvalue weighted by atomic mass is 16.5. The number of benzene rings is 2. The number of nitrogens with one attached hydrogen (secondary N) is 1. The summed E-state index contributed by atoms with van der Waals surface area (Å²) in [6, 6.07) is 15.3.